The molecule has 2 N–H and O–H groups in total. The van der Waals surface area contributed by atoms with Crippen molar-refractivity contribution in [1.29, 1.82) is 0 Å². The fourth-order valence-electron chi connectivity index (χ4n) is 4.69. The quantitative estimate of drug-likeness (QED) is 0.253. The molecule has 0 radical (unpaired) electrons. The highest BCUT2D eigenvalue weighted by Gasteiger charge is 2.52. The van der Waals surface area contributed by atoms with Crippen LogP contribution in [0.25, 0.3) is 22.3 Å². The van der Waals surface area contributed by atoms with Gasteiger partial charge in [0.15, 0.2) is 0 Å². The first-order chi connectivity index (χ1) is 19.7. The maximum absolute atomic E-state index is 13.7. The van der Waals surface area contributed by atoms with Crippen molar-refractivity contribution < 1.29 is 31.3 Å². The van der Waals surface area contributed by atoms with Crippen LogP contribution in [-0.2, 0) is 25.8 Å². The Hall–Kier alpha value is -3.38. The summed E-state index contributed by atoms with van der Waals surface area (Å²) < 4.78 is 61.7. The molecule has 12 heteroatoms. The summed E-state index contributed by atoms with van der Waals surface area (Å²) in [6.07, 6.45) is 0.261. The van der Waals surface area contributed by atoms with Gasteiger partial charge in [0, 0.05) is 34.5 Å². The molecule has 1 saturated heterocycles. The molecular formula is C30H31BClFN2O6S. The summed E-state index contributed by atoms with van der Waals surface area (Å²) in [4.78, 5) is 13.1. The average molecular weight is 613 g/mol. The Bertz CT molecular complexity index is 1740. The van der Waals surface area contributed by atoms with Crippen LogP contribution in [0.4, 0.5) is 10.1 Å². The summed E-state index contributed by atoms with van der Waals surface area (Å²) in [5.74, 6) is -0.844. The van der Waals surface area contributed by atoms with Crippen LogP contribution in [0.3, 0.4) is 0 Å². The minimum atomic E-state index is -3.86. The van der Waals surface area contributed by atoms with E-state index in [0.717, 1.165) is 5.56 Å². The molecule has 2 heterocycles. The monoisotopic (exact) mass is 612 g/mol. The third kappa shape index (κ3) is 5.92. The van der Waals surface area contributed by atoms with E-state index in [2.05, 4.69) is 10.0 Å². The number of hydrogen-bond acceptors (Lipinski definition) is 6. The van der Waals surface area contributed by atoms with E-state index in [1.165, 1.54) is 37.4 Å². The Kier molecular flexibility index (Phi) is 7.91. The normalized spacial score (nSPS) is 16.1. The molecule has 1 aromatic heterocycles. The van der Waals surface area contributed by atoms with Gasteiger partial charge in [-0.3, -0.25) is 9.52 Å². The number of rotatable bonds is 8. The first-order valence-electron chi connectivity index (χ1n) is 13.4. The third-order valence-corrected chi connectivity index (χ3v) is 9.29. The van der Waals surface area contributed by atoms with E-state index in [1.54, 1.807) is 30.3 Å². The van der Waals surface area contributed by atoms with Crippen molar-refractivity contribution in [3.05, 3.63) is 82.6 Å². The number of nitrogens with one attached hydrogen (secondary N) is 2. The molecule has 8 nitrogen and oxygen atoms in total. The SMILES string of the molecule is CNC(=O)c1c(-c2ccc(F)cc2)oc2cc(NS(=O)(=O)CCc3ccc(Cl)cc3)c(B3OC(C)(C)C(C)(C)O3)cc12. The lowest BCUT2D eigenvalue weighted by molar-refractivity contribution is 0.00578. The Morgan fingerprint density at radius 1 is 0.976 bits per heavy atom. The smallest absolute Gasteiger partial charge is 0.455 e. The molecule has 0 bridgehead atoms. The van der Waals surface area contributed by atoms with Crippen LogP contribution in [-0.4, -0.2) is 45.4 Å². The van der Waals surface area contributed by atoms with Crippen molar-refractivity contribution in [2.45, 2.75) is 45.3 Å². The highest BCUT2D eigenvalue weighted by molar-refractivity contribution is 7.92. The van der Waals surface area contributed by atoms with Crippen LogP contribution in [0.5, 0.6) is 0 Å². The van der Waals surface area contributed by atoms with Gasteiger partial charge in [-0.15, -0.1) is 0 Å². The second-order valence-corrected chi connectivity index (χ2v) is 13.5. The Labute approximate surface area is 249 Å². The number of furan rings is 1. The second kappa shape index (κ2) is 11.0. The van der Waals surface area contributed by atoms with E-state index >= 15 is 0 Å². The van der Waals surface area contributed by atoms with Gasteiger partial charge in [0.25, 0.3) is 5.91 Å². The van der Waals surface area contributed by atoms with E-state index in [0.29, 0.717) is 21.4 Å². The van der Waals surface area contributed by atoms with E-state index in [9.17, 15) is 17.6 Å². The highest BCUT2D eigenvalue weighted by Crippen LogP contribution is 2.39. The fourth-order valence-corrected chi connectivity index (χ4v) is 5.93. The highest BCUT2D eigenvalue weighted by atomic mass is 35.5. The molecule has 1 aliphatic rings. The van der Waals surface area contributed by atoms with Crippen LogP contribution >= 0.6 is 11.6 Å². The van der Waals surface area contributed by atoms with Gasteiger partial charge in [0.1, 0.15) is 17.2 Å². The number of fused-ring (bicyclic) bond motifs is 1. The average Bonchev–Trinajstić information content (AvgIpc) is 3.39. The van der Waals surface area contributed by atoms with Gasteiger partial charge in [0.2, 0.25) is 10.0 Å². The zero-order chi connectivity index (χ0) is 30.4. The van der Waals surface area contributed by atoms with Gasteiger partial charge < -0.3 is 19.0 Å². The predicted molar refractivity (Wildman–Crippen MR) is 163 cm³/mol. The molecule has 0 unspecified atom stereocenters. The number of aryl methyl sites for hydroxylation is 1. The van der Waals surface area contributed by atoms with Crippen molar-refractivity contribution in [3.63, 3.8) is 0 Å². The zero-order valence-electron chi connectivity index (χ0n) is 23.9. The molecule has 0 spiro atoms. The summed E-state index contributed by atoms with van der Waals surface area (Å²) in [5.41, 5.74) is 0.920. The Morgan fingerprint density at radius 3 is 2.19 bits per heavy atom. The van der Waals surface area contributed by atoms with Gasteiger partial charge in [-0.1, -0.05) is 23.7 Å². The summed E-state index contributed by atoms with van der Waals surface area (Å²) in [7, 11) is -3.31. The molecule has 1 fully saturated rings. The third-order valence-electron chi connectivity index (χ3n) is 7.77. The van der Waals surface area contributed by atoms with Gasteiger partial charge in [0.05, 0.1) is 28.2 Å². The number of anilines is 1. The van der Waals surface area contributed by atoms with Crippen LogP contribution < -0.4 is 15.5 Å². The van der Waals surface area contributed by atoms with E-state index in [4.69, 9.17) is 25.3 Å². The number of hydrogen-bond donors (Lipinski definition) is 2. The lowest BCUT2D eigenvalue weighted by Crippen LogP contribution is -2.41. The lowest BCUT2D eigenvalue weighted by atomic mass is 9.77. The van der Waals surface area contributed by atoms with E-state index in [1.807, 2.05) is 27.7 Å². The van der Waals surface area contributed by atoms with E-state index in [-0.39, 0.29) is 34.8 Å². The van der Waals surface area contributed by atoms with Gasteiger partial charge in [-0.05, 0) is 82.1 Å². The minimum Gasteiger partial charge on any atom is -0.455 e. The number of halogens is 2. The maximum Gasteiger partial charge on any atom is 0.497 e. The first kappa shape index (κ1) is 30.1. The van der Waals surface area contributed by atoms with Crippen LogP contribution in [0.1, 0.15) is 43.6 Å². The van der Waals surface area contributed by atoms with Crippen molar-refractivity contribution in [1.82, 2.24) is 5.32 Å². The van der Waals surface area contributed by atoms with Crippen molar-refractivity contribution in [2.75, 3.05) is 17.5 Å². The van der Waals surface area contributed by atoms with Crippen molar-refractivity contribution in [2.24, 2.45) is 0 Å². The predicted octanol–water partition coefficient (Wildman–Crippen LogP) is 5.54. The van der Waals surface area contributed by atoms with Crippen molar-refractivity contribution in [3.8, 4) is 11.3 Å². The summed E-state index contributed by atoms with van der Waals surface area (Å²) in [6, 6.07) is 15.7. The largest absolute Gasteiger partial charge is 0.497 e. The van der Waals surface area contributed by atoms with Gasteiger partial charge in [-0.2, -0.15) is 0 Å². The van der Waals surface area contributed by atoms with Crippen LogP contribution in [0, 0.1) is 5.82 Å². The molecule has 1 aliphatic heterocycles. The Balaban J connectivity index is 1.62. The number of benzene rings is 3. The first-order valence-corrected chi connectivity index (χ1v) is 15.4. The van der Waals surface area contributed by atoms with Crippen LogP contribution in [0.2, 0.25) is 5.02 Å². The van der Waals surface area contributed by atoms with Crippen LogP contribution in [0.15, 0.2) is 65.1 Å². The van der Waals surface area contributed by atoms with E-state index < -0.39 is 40.1 Å². The van der Waals surface area contributed by atoms with Gasteiger partial charge >= 0.3 is 7.12 Å². The number of carbonyl (C=O) groups excluding carboxylic acids is 1. The molecule has 42 heavy (non-hydrogen) atoms. The molecule has 3 aromatic carbocycles. The molecule has 5 rings (SSSR count). The summed E-state index contributed by atoms with van der Waals surface area (Å²) in [5, 5.41) is 3.61. The molecule has 0 aliphatic carbocycles. The topological polar surface area (TPSA) is 107 Å². The summed E-state index contributed by atoms with van der Waals surface area (Å²) >= 11 is 5.96. The summed E-state index contributed by atoms with van der Waals surface area (Å²) in [6.45, 7) is 7.56. The molecule has 0 atom stereocenters. The second-order valence-electron chi connectivity index (χ2n) is 11.2. The molecule has 1 amide bonds. The molecule has 4 aromatic rings. The number of sulfonamides is 1. The van der Waals surface area contributed by atoms with Crippen molar-refractivity contribution >= 4 is 56.8 Å². The molecule has 0 saturated carbocycles. The minimum absolute atomic E-state index is 0.194. The zero-order valence-corrected chi connectivity index (χ0v) is 25.5. The molecular weight excluding hydrogens is 582 g/mol. The van der Waals surface area contributed by atoms with Gasteiger partial charge in [-0.25, -0.2) is 12.8 Å². The lowest BCUT2D eigenvalue weighted by Gasteiger charge is -2.32. The maximum atomic E-state index is 13.7. The Morgan fingerprint density at radius 2 is 1.60 bits per heavy atom. The fraction of sp³-hybridized carbons (Fsp3) is 0.300. The molecule has 220 valence electrons. The standard InChI is InChI=1S/C30H31BClFN2O6S/c1-29(2)30(3,4)41-31(40-29)23-16-22-25(39-27(26(22)28(36)34-5)19-8-12-21(33)13-9-19)17-24(23)35-42(37,38)15-14-18-6-10-20(32)11-7-18/h6-13,16-17,35H,14-15H2,1-5H3,(H,34,36). The number of carbonyl (C=O) groups is 1. The number of amides is 1.